The number of rotatable bonds is 2. The predicted octanol–water partition coefficient (Wildman–Crippen LogP) is -0.00500. The molecule has 0 aliphatic heterocycles. The lowest BCUT2D eigenvalue weighted by atomic mass is 10.3. The maximum Gasteiger partial charge on any atom is 0.238 e. The summed E-state index contributed by atoms with van der Waals surface area (Å²) in [4.78, 5) is 10.8. The Balaban J connectivity index is 2.79. The summed E-state index contributed by atoms with van der Waals surface area (Å²) in [5.74, 6) is -0.870. The minimum absolute atomic E-state index is 0.123. The van der Waals surface area contributed by atoms with Crippen molar-refractivity contribution in [1.29, 1.82) is 0 Å². The van der Waals surface area contributed by atoms with E-state index in [9.17, 15) is 4.79 Å². The van der Waals surface area contributed by atoms with Crippen LogP contribution in [0.2, 0.25) is 0 Å². The van der Waals surface area contributed by atoms with Gasteiger partial charge < -0.3 is 21.3 Å². The van der Waals surface area contributed by atoms with Crippen molar-refractivity contribution in [1.82, 2.24) is 0 Å². The minimum Gasteiger partial charge on any atom is -0.504 e. The second-order valence-corrected chi connectivity index (χ2v) is 2.46. The third-order valence-electron chi connectivity index (χ3n) is 1.44. The topological polar surface area (TPSA) is 95.6 Å². The highest BCUT2D eigenvalue weighted by molar-refractivity contribution is 5.92. The smallest absolute Gasteiger partial charge is 0.238 e. The number of phenolic OH excluding ortho intramolecular Hbond substituents is 2. The highest BCUT2D eigenvalue weighted by Gasteiger charge is 2.02. The predicted molar refractivity (Wildman–Crippen MR) is 47.5 cm³/mol. The number of amides is 1. The number of hydrogen-bond donors (Lipinski definition) is 4. The van der Waals surface area contributed by atoms with E-state index in [-0.39, 0.29) is 24.0 Å². The maximum absolute atomic E-state index is 10.8. The quantitative estimate of drug-likeness (QED) is 0.382. The first-order chi connectivity index (χ1) is 6.13. The van der Waals surface area contributed by atoms with E-state index in [1.807, 2.05) is 0 Å². The van der Waals surface area contributed by atoms with Crippen molar-refractivity contribution in [2.75, 3.05) is 11.9 Å². The number of carbonyl (C=O) groups excluding carboxylic acids is 1. The van der Waals surface area contributed by atoms with Gasteiger partial charge in [-0.25, -0.2) is 0 Å². The molecule has 5 heteroatoms. The Morgan fingerprint density at radius 3 is 2.62 bits per heavy atom. The van der Waals surface area contributed by atoms with E-state index in [0.717, 1.165) is 0 Å². The Labute approximate surface area is 74.8 Å². The molecule has 13 heavy (non-hydrogen) atoms. The molecular formula is C8H10N2O3. The molecule has 1 aromatic carbocycles. The Hall–Kier alpha value is -1.75. The van der Waals surface area contributed by atoms with Gasteiger partial charge in [-0.05, 0) is 12.1 Å². The summed E-state index contributed by atoms with van der Waals surface area (Å²) in [6, 6.07) is 3.98. The zero-order valence-electron chi connectivity index (χ0n) is 6.82. The molecule has 0 aliphatic rings. The number of benzene rings is 1. The molecule has 70 valence electrons. The number of nitrogens with two attached hydrogens (primary N) is 1. The summed E-state index contributed by atoms with van der Waals surface area (Å²) in [5.41, 5.74) is 5.46. The first-order valence-electron chi connectivity index (χ1n) is 3.65. The summed E-state index contributed by atoms with van der Waals surface area (Å²) >= 11 is 0. The van der Waals surface area contributed by atoms with E-state index in [1.54, 1.807) is 0 Å². The molecule has 5 N–H and O–H groups in total. The molecule has 1 aromatic rings. The fourth-order valence-electron chi connectivity index (χ4n) is 0.813. The third-order valence-corrected chi connectivity index (χ3v) is 1.44. The molecule has 0 atom stereocenters. The van der Waals surface area contributed by atoms with Gasteiger partial charge in [0.25, 0.3) is 0 Å². The number of aromatic hydroxyl groups is 2. The van der Waals surface area contributed by atoms with Crippen LogP contribution in [-0.2, 0) is 4.79 Å². The summed E-state index contributed by atoms with van der Waals surface area (Å²) in [6.07, 6.45) is 0. The normalized spacial score (nSPS) is 9.62. The Morgan fingerprint density at radius 2 is 2.08 bits per heavy atom. The molecule has 0 saturated heterocycles. The van der Waals surface area contributed by atoms with Gasteiger partial charge in [-0.15, -0.1) is 0 Å². The van der Waals surface area contributed by atoms with Crippen LogP contribution in [-0.4, -0.2) is 22.7 Å². The van der Waals surface area contributed by atoms with Crippen LogP contribution in [0, 0.1) is 0 Å². The van der Waals surface area contributed by atoms with Crippen LogP contribution >= 0.6 is 0 Å². The lowest BCUT2D eigenvalue weighted by Gasteiger charge is -2.04. The number of hydrogen-bond acceptors (Lipinski definition) is 4. The van der Waals surface area contributed by atoms with E-state index < -0.39 is 0 Å². The Morgan fingerprint density at radius 1 is 1.38 bits per heavy atom. The molecule has 0 saturated carbocycles. The van der Waals surface area contributed by atoms with Crippen LogP contribution < -0.4 is 11.1 Å². The van der Waals surface area contributed by atoms with Gasteiger partial charge >= 0.3 is 0 Å². The monoisotopic (exact) mass is 182 g/mol. The van der Waals surface area contributed by atoms with Crippen LogP contribution in [0.15, 0.2) is 18.2 Å². The van der Waals surface area contributed by atoms with Crippen molar-refractivity contribution < 1.29 is 15.0 Å². The second kappa shape index (κ2) is 3.77. The Kier molecular flexibility index (Phi) is 2.71. The van der Waals surface area contributed by atoms with Gasteiger partial charge in [0.05, 0.1) is 6.54 Å². The molecule has 0 spiro atoms. The van der Waals surface area contributed by atoms with Crippen molar-refractivity contribution in [2.24, 2.45) is 5.73 Å². The van der Waals surface area contributed by atoms with Crippen molar-refractivity contribution in [3.05, 3.63) is 18.2 Å². The van der Waals surface area contributed by atoms with Gasteiger partial charge in [-0.1, -0.05) is 0 Å². The first-order valence-corrected chi connectivity index (χ1v) is 3.65. The standard InChI is InChI=1S/C8H10N2O3/c9-4-8(13)10-5-1-2-6(11)7(12)3-5/h1-3,11-12H,4,9H2,(H,10,13). The second-order valence-electron chi connectivity index (χ2n) is 2.46. The van der Waals surface area contributed by atoms with E-state index in [2.05, 4.69) is 5.32 Å². The zero-order chi connectivity index (χ0) is 9.84. The molecule has 1 amide bonds. The van der Waals surface area contributed by atoms with Gasteiger partial charge in [0.2, 0.25) is 5.91 Å². The molecule has 0 fully saturated rings. The van der Waals surface area contributed by atoms with Gasteiger partial charge in [0.1, 0.15) is 0 Å². The minimum atomic E-state index is -0.356. The van der Waals surface area contributed by atoms with Gasteiger partial charge in [0, 0.05) is 11.8 Å². The molecule has 0 heterocycles. The van der Waals surface area contributed by atoms with Crippen molar-refractivity contribution >= 4 is 11.6 Å². The van der Waals surface area contributed by atoms with Crippen molar-refractivity contribution in [3.63, 3.8) is 0 Å². The van der Waals surface area contributed by atoms with Crippen molar-refractivity contribution in [2.45, 2.75) is 0 Å². The molecule has 0 unspecified atom stereocenters. The highest BCUT2D eigenvalue weighted by Crippen LogP contribution is 2.27. The van der Waals surface area contributed by atoms with Crippen LogP contribution in [0.1, 0.15) is 0 Å². The fourth-order valence-corrected chi connectivity index (χ4v) is 0.813. The lowest BCUT2D eigenvalue weighted by Crippen LogP contribution is -2.21. The summed E-state index contributed by atoms with van der Waals surface area (Å²) < 4.78 is 0. The maximum atomic E-state index is 10.8. The number of carbonyl (C=O) groups is 1. The number of anilines is 1. The van der Waals surface area contributed by atoms with Crippen LogP contribution in [0.25, 0.3) is 0 Å². The van der Waals surface area contributed by atoms with Gasteiger partial charge in [0.15, 0.2) is 11.5 Å². The average Bonchev–Trinajstić information content (AvgIpc) is 2.11. The summed E-state index contributed by atoms with van der Waals surface area (Å²) in [7, 11) is 0. The van der Waals surface area contributed by atoms with Gasteiger partial charge in [-0.2, -0.15) is 0 Å². The molecule has 0 aliphatic carbocycles. The molecule has 0 radical (unpaired) electrons. The van der Waals surface area contributed by atoms with E-state index >= 15 is 0 Å². The van der Waals surface area contributed by atoms with Crippen LogP contribution in [0.4, 0.5) is 5.69 Å². The molecule has 0 aromatic heterocycles. The third kappa shape index (κ3) is 2.34. The van der Waals surface area contributed by atoms with E-state index in [0.29, 0.717) is 5.69 Å². The van der Waals surface area contributed by atoms with Gasteiger partial charge in [-0.3, -0.25) is 4.79 Å². The number of nitrogens with one attached hydrogen (secondary N) is 1. The molecule has 1 rings (SSSR count). The molecule has 5 nitrogen and oxygen atoms in total. The summed E-state index contributed by atoms with van der Waals surface area (Å²) in [5, 5.41) is 20.4. The van der Waals surface area contributed by atoms with Crippen LogP contribution in [0.3, 0.4) is 0 Å². The SMILES string of the molecule is NCC(=O)Nc1ccc(O)c(O)c1. The van der Waals surface area contributed by atoms with E-state index in [4.69, 9.17) is 15.9 Å². The van der Waals surface area contributed by atoms with E-state index in [1.165, 1.54) is 18.2 Å². The zero-order valence-corrected chi connectivity index (χ0v) is 6.82. The molecular weight excluding hydrogens is 172 g/mol. The summed E-state index contributed by atoms with van der Waals surface area (Å²) in [6.45, 7) is -0.123. The van der Waals surface area contributed by atoms with Crippen molar-refractivity contribution in [3.8, 4) is 11.5 Å². The number of phenols is 2. The highest BCUT2D eigenvalue weighted by atomic mass is 16.3. The average molecular weight is 182 g/mol. The lowest BCUT2D eigenvalue weighted by molar-refractivity contribution is -0.114. The Bertz CT molecular complexity index is 325. The van der Waals surface area contributed by atoms with Crippen LogP contribution in [0.5, 0.6) is 11.5 Å². The largest absolute Gasteiger partial charge is 0.504 e. The first kappa shape index (κ1) is 9.34. The molecule has 0 bridgehead atoms. The fraction of sp³-hybridized carbons (Fsp3) is 0.125.